The van der Waals surface area contributed by atoms with Crippen LogP contribution in [0.2, 0.25) is 0 Å². The van der Waals surface area contributed by atoms with E-state index in [0.717, 1.165) is 0 Å². The lowest BCUT2D eigenvalue weighted by Gasteiger charge is -1.87. The lowest BCUT2D eigenvalue weighted by molar-refractivity contribution is -0.132. The minimum absolute atomic E-state index is 0.321. The number of allylic oxidation sites excluding steroid dienone is 2. The summed E-state index contributed by atoms with van der Waals surface area (Å²) in [6, 6.07) is 0. The maximum Gasteiger partial charge on any atom is 0.335 e. The highest BCUT2D eigenvalue weighted by molar-refractivity contribution is 8.04. The highest BCUT2D eigenvalue weighted by atomic mass is 32.2. The van der Waals surface area contributed by atoms with Crippen LogP contribution in [0.1, 0.15) is 0 Å². The summed E-state index contributed by atoms with van der Waals surface area (Å²) in [7, 11) is 0. The number of thioether (sulfide) groups is 1. The van der Waals surface area contributed by atoms with E-state index in [1.165, 1.54) is 11.8 Å². The first-order valence-electron chi connectivity index (χ1n) is 2.73. The molecule has 1 aliphatic rings. The normalized spacial score (nSPS) is 16.2. The van der Waals surface area contributed by atoms with Gasteiger partial charge in [0, 0.05) is 0 Å². The predicted molar refractivity (Wildman–Crippen MR) is 41.6 cm³/mol. The van der Waals surface area contributed by atoms with Crippen LogP contribution < -0.4 is 0 Å². The third kappa shape index (κ3) is 1.77. The molecule has 0 bridgehead atoms. The molecule has 0 aliphatic carbocycles. The molecular formula is C7H6O2S. The molecule has 0 spiro atoms. The second kappa shape index (κ2) is 3.27. The van der Waals surface area contributed by atoms with Crippen molar-refractivity contribution in [3.63, 3.8) is 0 Å². The molecule has 1 N–H and O–H groups in total. The molecular weight excluding hydrogens is 148 g/mol. The van der Waals surface area contributed by atoms with Crippen molar-refractivity contribution >= 4 is 17.7 Å². The molecule has 0 aromatic carbocycles. The Hall–Kier alpha value is -0.960. The summed E-state index contributed by atoms with van der Waals surface area (Å²) in [6.45, 7) is 0. The summed E-state index contributed by atoms with van der Waals surface area (Å²) in [5.74, 6) is -0.886. The average Bonchev–Trinajstić information content (AvgIpc) is 2.12. The van der Waals surface area contributed by atoms with Crippen molar-refractivity contribution in [3.05, 3.63) is 34.6 Å². The molecule has 0 radical (unpaired) electrons. The van der Waals surface area contributed by atoms with Gasteiger partial charge in [0.1, 0.15) is 0 Å². The minimum atomic E-state index is -0.886. The van der Waals surface area contributed by atoms with Gasteiger partial charge in [0.25, 0.3) is 0 Å². The zero-order valence-electron chi connectivity index (χ0n) is 5.15. The molecule has 0 unspecified atom stereocenters. The van der Waals surface area contributed by atoms with Crippen LogP contribution in [0, 0.1) is 0 Å². The Balaban J connectivity index is 2.83. The fourth-order valence-corrected chi connectivity index (χ4v) is 1.03. The van der Waals surface area contributed by atoms with Gasteiger partial charge >= 0.3 is 5.97 Å². The average molecular weight is 154 g/mol. The Morgan fingerprint density at radius 3 is 3.00 bits per heavy atom. The van der Waals surface area contributed by atoms with E-state index in [9.17, 15) is 4.79 Å². The number of carbonyl (C=O) groups is 1. The van der Waals surface area contributed by atoms with Crippen molar-refractivity contribution in [3.8, 4) is 0 Å². The van der Waals surface area contributed by atoms with Crippen LogP contribution in [0.5, 0.6) is 0 Å². The van der Waals surface area contributed by atoms with Gasteiger partial charge in [-0.1, -0.05) is 6.08 Å². The van der Waals surface area contributed by atoms with E-state index in [-0.39, 0.29) is 0 Å². The van der Waals surface area contributed by atoms with Crippen LogP contribution in [0.3, 0.4) is 0 Å². The fraction of sp³-hybridized carbons (Fsp3) is 0. The summed E-state index contributed by atoms with van der Waals surface area (Å²) >= 11 is 1.46. The van der Waals surface area contributed by atoms with E-state index in [4.69, 9.17) is 5.11 Å². The third-order valence-electron chi connectivity index (χ3n) is 1.01. The number of hydrogen-bond acceptors (Lipinski definition) is 2. The predicted octanol–water partition coefficient (Wildman–Crippen LogP) is 1.77. The summed E-state index contributed by atoms with van der Waals surface area (Å²) in [6.07, 6.45) is 4.86. The molecule has 0 saturated carbocycles. The van der Waals surface area contributed by atoms with E-state index in [1.54, 1.807) is 23.6 Å². The van der Waals surface area contributed by atoms with Crippen molar-refractivity contribution in [1.82, 2.24) is 0 Å². The standard InChI is InChI=1S/C7H6O2S/c8-7(9)6-2-1-4-10-5-3-6/h1-5H,(H,8,9). The zero-order chi connectivity index (χ0) is 7.40. The molecule has 1 rings (SSSR count). The Labute approximate surface area is 62.9 Å². The Bertz CT molecular complexity index is 226. The van der Waals surface area contributed by atoms with Gasteiger partial charge in [-0.15, -0.1) is 11.8 Å². The molecule has 1 aliphatic heterocycles. The van der Waals surface area contributed by atoms with Crippen LogP contribution in [0.25, 0.3) is 0 Å². The molecule has 0 saturated heterocycles. The van der Waals surface area contributed by atoms with Gasteiger partial charge in [-0.2, -0.15) is 0 Å². The summed E-state index contributed by atoms with van der Waals surface area (Å²) in [5.41, 5.74) is 0.321. The van der Waals surface area contributed by atoms with Gasteiger partial charge in [0.2, 0.25) is 0 Å². The molecule has 3 heteroatoms. The molecule has 0 fully saturated rings. The largest absolute Gasteiger partial charge is 0.478 e. The first-order chi connectivity index (χ1) is 4.80. The van der Waals surface area contributed by atoms with Crippen LogP contribution in [-0.4, -0.2) is 11.1 Å². The fourth-order valence-electron chi connectivity index (χ4n) is 0.544. The van der Waals surface area contributed by atoms with E-state index in [2.05, 4.69) is 0 Å². The van der Waals surface area contributed by atoms with E-state index < -0.39 is 5.97 Å². The van der Waals surface area contributed by atoms with Crippen molar-refractivity contribution in [2.24, 2.45) is 0 Å². The SMILES string of the molecule is O=C(O)C1=CC=CSC=C1. The zero-order valence-corrected chi connectivity index (χ0v) is 5.97. The van der Waals surface area contributed by atoms with E-state index >= 15 is 0 Å². The lowest BCUT2D eigenvalue weighted by atomic mass is 10.2. The molecule has 0 aromatic heterocycles. The second-order valence-corrected chi connectivity index (χ2v) is 2.51. The maximum atomic E-state index is 10.3. The van der Waals surface area contributed by atoms with Gasteiger partial charge in [-0.25, -0.2) is 4.79 Å². The highest BCUT2D eigenvalue weighted by Crippen LogP contribution is 2.11. The maximum absolute atomic E-state index is 10.3. The first kappa shape index (κ1) is 7.15. The van der Waals surface area contributed by atoms with Crippen LogP contribution >= 0.6 is 11.8 Å². The second-order valence-electron chi connectivity index (χ2n) is 1.69. The smallest absolute Gasteiger partial charge is 0.335 e. The van der Waals surface area contributed by atoms with Gasteiger partial charge < -0.3 is 5.11 Å². The number of hydrogen-bond donors (Lipinski definition) is 1. The molecule has 2 nitrogen and oxygen atoms in total. The lowest BCUT2D eigenvalue weighted by Crippen LogP contribution is -1.95. The number of aliphatic carboxylic acids is 1. The van der Waals surface area contributed by atoms with Gasteiger partial charge in [-0.3, -0.25) is 0 Å². The third-order valence-corrected chi connectivity index (χ3v) is 1.61. The van der Waals surface area contributed by atoms with Crippen LogP contribution in [0.15, 0.2) is 34.6 Å². The summed E-state index contributed by atoms with van der Waals surface area (Å²) in [5, 5.41) is 12.1. The molecule has 0 amide bonds. The van der Waals surface area contributed by atoms with Gasteiger partial charge in [-0.05, 0) is 23.0 Å². The Kier molecular flexibility index (Phi) is 2.34. The highest BCUT2D eigenvalue weighted by Gasteiger charge is 2.00. The molecule has 0 aromatic rings. The van der Waals surface area contributed by atoms with E-state index in [1.807, 2.05) is 5.41 Å². The van der Waals surface area contributed by atoms with Crippen molar-refractivity contribution in [2.45, 2.75) is 0 Å². The first-order valence-corrected chi connectivity index (χ1v) is 3.67. The monoisotopic (exact) mass is 154 g/mol. The molecule has 1 heterocycles. The minimum Gasteiger partial charge on any atom is -0.478 e. The van der Waals surface area contributed by atoms with Crippen LogP contribution in [0.4, 0.5) is 0 Å². The Morgan fingerprint density at radius 2 is 2.30 bits per heavy atom. The topological polar surface area (TPSA) is 37.3 Å². The number of carboxylic acid groups (broad SMARTS) is 1. The molecule has 52 valence electrons. The van der Waals surface area contributed by atoms with Crippen LogP contribution in [-0.2, 0) is 4.79 Å². The molecule has 10 heavy (non-hydrogen) atoms. The quantitative estimate of drug-likeness (QED) is 0.625. The van der Waals surface area contributed by atoms with Gasteiger partial charge in [0.15, 0.2) is 0 Å². The molecule has 0 atom stereocenters. The summed E-state index contributed by atoms with van der Waals surface area (Å²) in [4.78, 5) is 10.3. The number of rotatable bonds is 1. The van der Waals surface area contributed by atoms with Crippen molar-refractivity contribution < 1.29 is 9.90 Å². The van der Waals surface area contributed by atoms with Gasteiger partial charge in [0.05, 0.1) is 5.57 Å². The Morgan fingerprint density at radius 1 is 1.50 bits per heavy atom. The van der Waals surface area contributed by atoms with E-state index in [0.29, 0.717) is 5.57 Å². The summed E-state index contributed by atoms with van der Waals surface area (Å²) < 4.78 is 0. The van der Waals surface area contributed by atoms with Crippen molar-refractivity contribution in [2.75, 3.05) is 0 Å². The van der Waals surface area contributed by atoms with Crippen molar-refractivity contribution in [1.29, 1.82) is 0 Å². The number of carboxylic acids is 1.